The number of hydrogen-bond donors (Lipinski definition) is 1. The summed E-state index contributed by atoms with van der Waals surface area (Å²) in [4.78, 5) is 12.6. The lowest BCUT2D eigenvalue weighted by Gasteiger charge is -2.13. The highest BCUT2D eigenvalue weighted by Gasteiger charge is 2.17. The van der Waals surface area contributed by atoms with Crippen LogP contribution >= 0.6 is 0 Å². The molecular formula is C23H24N2O5. The van der Waals surface area contributed by atoms with Crippen LogP contribution < -0.4 is 24.4 Å². The molecule has 0 aliphatic heterocycles. The molecule has 0 bridgehead atoms. The van der Waals surface area contributed by atoms with Crippen molar-refractivity contribution in [3.05, 3.63) is 59.7 Å². The second-order valence-electron chi connectivity index (χ2n) is 6.48. The van der Waals surface area contributed by atoms with Gasteiger partial charge in [0.25, 0.3) is 5.91 Å². The zero-order valence-corrected chi connectivity index (χ0v) is 17.6. The molecule has 0 spiro atoms. The summed E-state index contributed by atoms with van der Waals surface area (Å²) in [6, 6.07) is 15.0. The summed E-state index contributed by atoms with van der Waals surface area (Å²) in [5.41, 5.74) is 4.50. The van der Waals surface area contributed by atoms with Gasteiger partial charge in [-0.1, -0.05) is 18.2 Å². The Bertz CT molecular complexity index is 1080. The number of hydrogen-bond acceptors (Lipinski definition) is 6. The molecule has 1 amide bonds. The zero-order chi connectivity index (χ0) is 21.7. The third-order valence-electron chi connectivity index (χ3n) is 4.72. The molecule has 0 radical (unpaired) electrons. The van der Waals surface area contributed by atoms with Crippen LogP contribution in [0.2, 0.25) is 0 Å². The number of nitrogens with zero attached hydrogens (tertiary/aromatic N) is 1. The number of nitrogens with one attached hydrogen (secondary N) is 1. The van der Waals surface area contributed by atoms with Crippen molar-refractivity contribution in [1.29, 1.82) is 0 Å². The Morgan fingerprint density at radius 3 is 2.00 bits per heavy atom. The molecule has 0 unspecified atom stereocenters. The fraction of sp³-hybridized carbons (Fsp3) is 0.217. The lowest BCUT2D eigenvalue weighted by atomic mass is 10.0. The van der Waals surface area contributed by atoms with Crippen LogP contribution in [0.3, 0.4) is 0 Å². The van der Waals surface area contributed by atoms with Gasteiger partial charge in [-0.15, -0.1) is 0 Å². The molecule has 0 saturated heterocycles. The molecule has 156 valence electrons. The van der Waals surface area contributed by atoms with E-state index in [4.69, 9.17) is 18.9 Å². The average Bonchev–Trinajstić information content (AvgIpc) is 2.80. The number of methoxy groups -OCH3 is 4. The molecule has 7 nitrogen and oxygen atoms in total. The monoisotopic (exact) mass is 408 g/mol. The Morgan fingerprint density at radius 1 is 0.767 bits per heavy atom. The Balaban J connectivity index is 1.83. The van der Waals surface area contributed by atoms with Crippen molar-refractivity contribution in [3.63, 3.8) is 0 Å². The van der Waals surface area contributed by atoms with Crippen molar-refractivity contribution >= 4 is 22.4 Å². The molecule has 0 aliphatic carbocycles. The van der Waals surface area contributed by atoms with Crippen LogP contribution in [-0.4, -0.2) is 40.1 Å². The van der Waals surface area contributed by atoms with Gasteiger partial charge in [-0.05, 0) is 53.6 Å². The molecule has 0 atom stereocenters. The van der Waals surface area contributed by atoms with Gasteiger partial charge in [0.15, 0.2) is 11.5 Å². The molecule has 0 saturated carbocycles. The standard InChI is InChI=1S/C23H24N2O5/c1-14(15-6-7-17-11-19(27-2)9-8-16(17)10-15)24-25-23(26)18-12-20(28-3)22(30-5)21(13-18)29-4/h6-13H,1-5H3,(H,25,26)/b24-14+. The molecule has 0 aromatic heterocycles. The van der Waals surface area contributed by atoms with Gasteiger partial charge in [-0.3, -0.25) is 4.79 Å². The van der Waals surface area contributed by atoms with E-state index in [1.165, 1.54) is 21.3 Å². The molecule has 30 heavy (non-hydrogen) atoms. The highest BCUT2D eigenvalue weighted by molar-refractivity contribution is 6.03. The van der Waals surface area contributed by atoms with Crippen molar-refractivity contribution < 1.29 is 23.7 Å². The quantitative estimate of drug-likeness (QED) is 0.472. The van der Waals surface area contributed by atoms with Gasteiger partial charge in [0, 0.05) is 5.56 Å². The number of benzene rings is 3. The van der Waals surface area contributed by atoms with E-state index in [9.17, 15) is 4.79 Å². The number of fused-ring (bicyclic) bond motifs is 1. The Hall–Kier alpha value is -3.74. The van der Waals surface area contributed by atoms with E-state index in [2.05, 4.69) is 10.5 Å². The molecule has 7 heteroatoms. The fourth-order valence-electron chi connectivity index (χ4n) is 3.05. The smallest absolute Gasteiger partial charge is 0.271 e. The first-order valence-electron chi connectivity index (χ1n) is 9.23. The summed E-state index contributed by atoms with van der Waals surface area (Å²) in [7, 11) is 6.14. The van der Waals surface area contributed by atoms with Crippen LogP contribution in [0.5, 0.6) is 23.0 Å². The predicted molar refractivity (Wildman–Crippen MR) is 116 cm³/mol. The second kappa shape index (κ2) is 9.17. The minimum absolute atomic E-state index is 0.339. The summed E-state index contributed by atoms with van der Waals surface area (Å²) in [5, 5.41) is 6.36. The maximum absolute atomic E-state index is 12.6. The van der Waals surface area contributed by atoms with E-state index in [1.807, 2.05) is 43.3 Å². The van der Waals surface area contributed by atoms with Gasteiger partial charge in [0.1, 0.15) is 5.75 Å². The van der Waals surface area contributed by atoms with E-state index in [-0.39, 0.29) is 5.91 Å². The number of carbonyl (C=O) groups is 1. The number of amides is 1. The summed E-state index contributed by atoms with van der Waals surface area (Å²) >= 11 is 0. The summed E-state index contributed by atoms with van der Waals surface area (Å²) in [6.07, 6.45) is 0. The van der Waals surface area contributed by atoms with Crippen LogP contribution in [0, 0.1) is 0 Å². The van der Waals surface area contributed by atoms with Gasteiger partial charge in [0.2, 0.25) is 5.75 Å². The van der Waals surface area contributed by atoms with Gasteiger partial charge >= 0.3 is 0 Å². The molecule has 1 N–H and O–H groups in total. The lowest BCUT2D eigenvalue weighted by molar-refractivity contribution is 0.0954. The van der Waals surface area contributed by atoms with E-state index in [0.717, 1.165) is 22.1 Å². The minimum atomic E-state index is -0.390. The second-order valence-corrected chi connectivity index (χ2v) is 6.48. The van der Waals surface area contributed by atoms with E-state index < -0.39 is 0 Å². The first kappa shape index (κ1) is 21.0. The number of rotatable bonds is 7. The highest BCUT2D eigenvalue weighted by atomic mass is 16.5. The number of hydrazone groups is 1. The predicted octanol–water partition coefficient (Wildman–Crippen LogP) is 4.03. The van der Waals surface area contributed by atoms with Gasteiger partial charge in [-0.2, -0.15) is 5.10 Å². The van der Waals surface area contributed by atoms with Gasteiger partial charge in [-0.25, -0.2) is 5.43 Å². The van der Waals surface area contributed by atoms with Gasteiger partial charge < -0.3 is 18.9 Å². The zero-order valence-electron chi connectivity index (χ0n) is 17.6. The van der Waals surface area contributed by atoms with Crippen molar-refractivity contribution in [3.8, 4) is 23.0 Å². The highest BCUT2D eigenvalue weighted by Crippen LogP contribution is 2.38. The summed E-state index contributed by atoms with van der Waals surface area (Å²) < 4.78 is 21.1. The fourth-order valence-corrected chi connectivity index (χ4v) is 3.05. The van der Waals surface area contributed by atoms with Crippen LogP contribution in [0.15, 0.2) is 53.6 Å². The maximum Gasteiger partial charge on any atom is 0.271 e. The molecule has 3 rings (SSSR count). The largest absolute Gasteiger partial charge is 0.497 e. The number of carbonyl (C=O) groups excluding carboxylic acids is 1. The van der Waals surface area contributed by atoms with Crippen LogP contribution in [-0.2, 0) is 0 Å². The molecule has 0 heterocycles. The van der Waals surface area contributed by atoms with Crippen molar-refractivity contribution in [1.82, 2.24) is 5.43 Å². The third kappa shape index (κ3) is 4.30. The average molecular weight is 408 g/mol. The van der Waals surface area contributed by atoms with Crippen LogP contribution in [0.4, 0.5) is 0 Å². The molecule has 3 aromatic rings. The number of ether oxygens (including phenoxy) is 4. The Kier molecular flexibility index (Phi) is 6.41. The molecule has 0 fully saturated rings. The maximum atomic E-state index is 12.6. The lowest BCUT2D eigenvalue weighted by Crippen LogP contribution is -2.19. The first-order valence-corrected chi connectivity index (χ1v) is 9.23. The topological polar surface area (TPSA) is 78.4 Å². The van der Waals surface area contributed by atoms with E-state index in [0.29, 0.717) is 28.5 Å². The molecular weight excluding hydrogens is 384 g/mol. The van der Waals surface area contributed by atoms with E-state index in [1.54, 1.807) is 19.2 Å². The van der Waals surface area contributed by atoms with Gasteiger partial charge in [0.05, 0.1) is 34.2 Å². The SMILES string of the molecule is COc1ccc2cc(/C(C)=N/NC(=O)c3cc(OC)c(OC)c(OC)c3)ccc2c1. The summed E-state index contributed by atoms with van der Waals surface area (Å²) in [5.74, 6) is 1.63. The molecule has 3 aromatic carbocycles. The van der Waals surface area contributed by atoms with Crippen LogP contribution in [0.1, 0.15) is 22.8 Å². The van der Waals surface area contributed by atoms with Crippen LogP contribution in [0.25, 0.3) is 10.8 Å². The van der Waals surface area contributed by atoms with Crippen molar-refractivity contribution in [2.75, 3.05) is 28.4 Å². The van der Waals surface area contributed by atoms with E-state index >= 15 is 0 Å². The molecule has 0 aliphatic rings. The third-order valence-corrected chi connectivity index (χ3v) is 4.72. The normalized spacial score (nSPS) is 11.2. The summed E-state index contributed by atoms with van der Waals surface area (Å²) in [6.45, 7) is 1.83. The van der Waals surface area contributed by atoms with Crippen molar-refractivity contribution in [2.24, 2.45) is 5.10 Å². The first-order chi connectivity index (χ1) is 14.5. The van der Waals surface area contributed by atoms with Crippen molar-refractivity contribution in [2.45, 2.75) is 6.92 Å². The Labute approximate surface area is 175 Å². The Morgan fingerprint density at radius 2 is 1.40 bits per heavy atom. The minimum Gasteiger partial charge on any atom is -0.497 e.